The van der Waals surface area contributed by atoms with Crippen molar-refractivity contribution in [2.24, 2.45) is 0 Å². The summed E-state index contributed by atoms with van der Waals surface area (Å²) >= 11 is 4.88. The number of aromatic nitrogens is 5. The maximum atomic E-state index is 14.9. The van der Waals surface area contributed by atoms with Gasteiger partial charge in [-0.2, -0.15) is 18.3 Å². The predicted octanol–water partition coefficient (Wildman–Crippen LogP) is 2.91. The highest BCUT2D eigenvalue weighted by Crippen LogP contribution is 2.28. The first kappa shape index (κ1) is 24.4. The van der Waals surface area contributed by atoms with Crippen LogP contribution >= 0.6 is 12.2 Å². The van der Waals surface area contributed by atoms with Gasteiger partial charge in [0, 0.05) is 19.2 Å². The van der Waals surface area contributed by atoms with E-state index in [1.165, 1.54) is 42.6 Å². The van der Waals surface area contributed by atoms with Gasteiger partial charge in [0.25, 0.3) is 5.17 Å². The van der Waals surface area contributed by atoms with Crippen molar-refractivity contribution < 1.29 is 31.8 Å². The van der Waals surface area contributed by atoms with Crippen LogP contribution in [-0.2, 0) is 22.2 Å². The number of benzene rings is 1. The molecule has 1 aliphatic heterocycles. The van der Waals surface area contributed by atoms with Crippen LogP contribution in [0.4, 0.5) is 28.0 Å². The summed E-state index contributed by atoms with van der Waals surface area (Å²) < 4.78 is 65.3. The summed E-state index contributed by atoms with van der Waals surface area (Å²) in [6, 6.07) is 4.96. The molecule has 35 heavy (non-hydrogen) atoms. The number of alkyl halides is 3. The molecule has 186 valence electrons. The van der Waals surface area contributed by atoms with Crippen molar-refractivity contribution in [2.75, 3.05) is 25.1 Å². The van der Waals surface area contributed by atoms with Gasteiger partial charge in [0.05, 0.1) is 32.1 Å². The number of cyclic esters (lactones) is 1. The van der Waals surface area contributed by atoms with E-state index in [1.54, 1.807) is 0 Å². The topological polar surface area (TPSA) is 99.3 Å². The van der Waals surface area contributed by atoms with E-state index in [9.17, 15) is 22.4 Å². The number of amides is 1. The molecule has 4 rings (SSSR count). The van der Waals surface area contributed by atoms with Gasteiger partial charge >= 0.3 is 12.3 Å². The van der Waals surface area contributed by atoms with E-state index in [0.717, 1.165) is 15.4 Å². The Balaban J connectivity index is 1.41. The number of carbonyl (C=O) groups is 1. The standard InChI is InChI=1S/C20H19F4N7O3S/c1-33-18(35)25-6-4-14-11-30(19(32)34-14)13-2-3-16(15(21)8-13)31-10-12(26-28-31)9-29-7-5-17(27-29)20(22,23)24/h2-3,5,7-8,10,14H,4,6,9,11H2,1H3,(H,25,35)/t14-/m0/s1. The summed E-state index contributed by atoms with van der Waals surface area (Å²) in [6.07, 6.45) is -2.53. The first-order chi connectivity index (χ1) is 16.6. The normalized spacial score (nSPS) is 15.9. The Bertz CT molecular complexity index is 1230. The van der Waals surface area contributed by atoms with E-state index in [0.29, 0.717) is 18.7 Å². The van der Waals surface area contributed by atoms with Gasteiger partial charge in [0.1, 0.15) is 17.5 Å². The molecule has 10 nitrogen and oxygen atoms in total. The number of ether oxygens (including phenoxy) is 2. The molecule has 1 saturated heterocycles. The van der Waals surface area contributed by atoms with Crippen molar-refractivity contribution in [2.45, 2.75) is 25.2 Å². The summed E-state index contributed by atoms with van der Waals surface area (Å²) in [7, 11) is 1.44. The zero-order valence-corrected chi connectivity index (χ0v) is 19.0. The first-order valence-electron chi connectivity index (χ1n) is 10.3. The fourth-order valence-electron chi connectivity index (χ4n) is 3.40. The monoisotopic (exact) mass is 513 g/mol. The molecule has 0 unspecified atom stereocenters. The number of thiocarbonyl (C=S) groups is 1. The number of anilines is 1. The Hall–Kier alpha value is -3.75. The maximum absolute atomic E-state index is 14.9. The Morgan fingerprint density at radius 2 is 2.14 bits per heavy atom. The van der Waals surface area contributed by atoms with Crippen LogP contribution in [-0.4, -0.2) is 62.3 Å². The van der Waals surface area contributed by atoms with Crippen molar-refractivity contribution in [1.29, 1.82) is 0 Å². The van der Waals surface area contributed by atoms with Crippen molar-refractivity contribution in [3.63, 3.8) is 0 Å². The number of hydrogen-bond donors (Lipinski definition) is 1. The summed E-state index contributed by atoms with van der Waals surface area (Å²) in [5, 5.41) is 14.2. The second kappa shape index (κ2) is 9.85. The van der Waals surface area contributed by atoms with Crippen LogP contribution in [0.25, 0.3) is 5.69 Å². The van der Waals surface area contributed by atoms with Gasteiger partial charge in [-0.05, 0) is 36.5 Å². The molecule has 0 aliphatic carbocycles. The van der Waals surface area contributed by atoms with Crippen molar-refractivity contribution in [1.82, 2.24) is 30.1 Å². The fourth-order valence-corrected chi connectivity index (χ4v) is 3.50. The lowest BCUT2D eigenvalue weighted by Crippen LogP contribution is -2.28. The number of nitrogens with zero attached hydrogens (tertiary/aromatic N) is 6. The molecular weight excluding hydrogens is 494 g/mol. The lowest BCUT2D eigenvalue weighted by Gasteiger charge is -2.14. The minimum atomic E-state index is -4.55. The van der Waals surface area contributed by atoms with E-state index >= 15 is 0 Å². The second-order valence-electron chi connectivity index (χ2n) is 7.51. The van der Waals surface area contributed by atoms with Crippen molar-refractivity contribution >= 4 is 29.2 Å². The minimum absolute atomic E-state index is 0.0466. The molecule has 0 radical (unpaired) electrons. The van der Waals surface area contributed by atoms with Crippen LogP contribution in [0.1, 0.15) is 17.8 Å². The molecule has 1 aliphatic rings. The Labute approximate surface area is 201 Å². The molecule has 1 fully saturated rings. The molecule has 1 atom stereocenters. The molecule has 1 amide bonds. The predicted molar refractivity (Wildman–Crippen MR) is 117 cm³/mol. The Morgan fingerprint density at radius 1 is 1.34 bits per heavy atom. The van der Waals surface area contributed by atoms with E-state index in [1.807, 2.05) is 0 Å². The third-order valence-electron chi connectivity index (χ3n) is 5.08. The molecule has 0 bridgehead atoms. The summed E-state index contributed by atoms with van der Waals surface area (Å²) in [4.78, 5) is 13.6. The second-order valence-corrected chi connectivity index (χ2v) is 7.88. The number of carbonyl (C=O) groups excluding carboxylic acids is 1. The van der Waals surface area contributed by atoms with Gasteiger partial charge in [0.15, 0.2) is 11.5 Å². The largest absolute Gasteiger partial charge is 0.474 e. The summed E-state index contributed by atoms with van der Waals surface area (Å²) in [6.45, 7) is 0.591. The molecule has 3 heterocycles. The Kier molecular flexibility index (Phi) is 6.86. The van der Waals surface area contributed by atoms with Gasteiger partial charge in [-0.3, -0.25) is 9.58 Å². The summed E-state index contributed by atoms with van der Waals surface area (Å²) in [5.74, 6) is -0.680. The number of hydrogen-bond acceptors (Lipinski definition) is 7. The first-order valence-corrected chi connectivity index (χ1v) is 10.7. The van der Waals surface area contributed by atoms with Crippen LogP contribution in [0.15, 0.2) is 36.7 Å². The molecule has 3 aromatic rings. The average Bonchev–Trinajstić information content (AvgIpc) is 3.54. The maximum Gasteiger partial charge on any atom is 0.435 e. The highest BCUT2D eigenvalue weighted by Gasteiger charge is 2.34. The van der Waals surface area contributed by atoms with Gasteiger partial charge in [-0.15, -0.1) is 5.10 Å². The van der Waals surface area contributed by atoms with Crippen LogP contribution in [0, 0.1) is 5.82 Å². The van der Waals surface area contributed by atoms with Gasteiger partial charge < -0.3 is 14.8 Å². The number of nitrogens with one attached hydrogen (secondary N) is 1. The third kappa shape index (κ3) is 5.67. The average molecular weight is 513 g/mol. The SMILES string of the molecule is COC(=S)NCC[C@H]1CN(c2ccc(-n3cc(Cn4ccc(C(F)(F)F)n4)nn3)c(F)c2)C(=O)O1. The molecule has 1 N–H and O–H groups in total. The zero-order valence-electron chi connectivity index (χ0n) is 18.2. The lowest BCUT2D eigenvalue weighted by molar-refractivity contribution is -0.141. The van der Waals surface area contributed by atoms with Crippen LogP contribution in [0.5, 0.6) is 0 Å². The molecule has 2 aromatic heterocycles. The van der Waals surface area contributed by atoms with Crippen LogP contribution in [0.2, 0.25) is 0 Å². The minimum Gasteiger partial charge on any atom is -0.474 e. The van der Waals surface area contributed by atoms with Crippen LogP contribution in [0.3, 0.4) is 0 Å². The lowest BCUT2D eigenvalue weighted by atomic mass is 10.2. The number of rotatable bonds is 7. The molecule has 15 heteroatoms. The highest BCUT2D eigenvalue weighted by atomic mass is 32.1. The summed E-state index contributed by atoms with van der Waals surface area (Å²) in [5.41, 5.74) is -0.400. The van der Waals surface area contributed by atoms with E-state index in [2.05, 4.69) is 20.7 Å². The third-order valence-corrected chi connectivity index (χ3v) is 5.39. The van der Waals surface area contributed by atoms with Gasteiger partial charge in [0.2, 0.25) is 0 Å². The van der Waals surface area contributed by atoms with Gasteiger partial charge in [-0.25, -0.2) is 13.9 Å². The number of methoxy groups -OCH3 is 1. The van der Waals surface area contributed by atoms with E-state index < -0.39 is 29.9 Å². The molecule has 0 saturated carbocycles. The Morgan fingerprint density at radius 3 is 2.83 bits per heavy atom. The quantitative estimate of drug-likeness (QED) is 0.381. The molecular formula is C20H19F4N7O3S. The molecule has 0 spiro atoms. The van der Waals surface area contributed by atoms with Gasteiger partial charge in [-0.1, -0.05) is 5.21 Å². The van der Waals surface area contributed by atoms with Crippen molar-refractivity contribution in [3.05, 3.63) is 53.9 Å². The zero-order chi connectivity index (χ0) is 25.2. The van der Waals surface area contributed by atoms with Crippen molar-refractivity contribution in [3.8, 4) is 5.69 Å². The highest BCUT2D eigenvalue weighted by molar-refractivity contribution is 7.80. The smallest absolute Gasteiger partial charge is 0.435 e. The number of halogens is 4. The fraction of sp³-hybridized carbons (Fsp3) is 0.350. The molecule has 1 aromatic carbocycles. The van der Waals surface area contributed by atoms with E-state index in [-0.39, 0.29) is 29.6 Å². The van der Waals surface area contributed by atoms with Crippen LogP contribution < -0.4 is 10.2 Å². The van der Waals surface area contributed by atoms with E-state index in [4.69, 9.17) is 21.7 Å².